The number of ether oxygens (including phenoxy) is 1. The summed E-state index contributed by atoms with van der Waals surface area (Å²) in [5.74, 6) is 0.936. The quantitative estimate of drug-likeness (QED) is 0.849. The Morgan fingerprint density at radius 3 is 2.52 bits per heavy atom. The predicted molar refractivity (Wildman–Crippen MR) is 92.5 cm³/mol. The number of nitrogens with zero attached hydrogens (tertiary/aromatic N) is 3. The van der Waals surface area contributed by atoms with Gasteiger partial charge in [-0.25, -0.2) is 0 Å². The van der Waals surface area contributed by atoms with Gasteiger partial charge in [-0.2, -0.15) is 0 Å². The largest absolute Gasteiger partial charge is 0.497 e. The van der Waals surface area contributed by atoms with Crippen molar-refractivity contribution in [3.8, 4) is 5.75 Å². The van der Waals surface area contributed by atoms with E-state index >= 15 is 0 Å². The van der Waals surface area contributed by atoms with E-state index in [4.69, 9.17) is 4.74 Å². The molecule has 4 heteroatoms. The molecule has 0 N–H and O–H groups in total. The summed E-state index contributed by atoms with van der Waals surface area (Å²) in [7, 11) is 1.72. The van der Waals surface area contributed by atoms with Crippen LogP contribution in [0, 0.1) is 0 Å². The Morgan fingerprint density at radius 1 is 1.09 bits per heavy atom. The highest BCUT2D eigenvalue weighted by Gasteiger charge is 2.22. The second-order valence-corrected chi connectivity index (χ2v) is 6.12. The first-order chi connectivity index (χ1) is 11.3. The molecule has 3 rings (SSSR count). The Labute approximate surface area is 138 Å². The molecule has 1 aliphatic heterocycles. The zero-order valence-electron chi connectivity index (χ0n) is 14.0. The van der Waals surface area contributed by atoms with Crippen LogP contribution in [0.5, 0.6) is 5.75 Å². The summed E-state index contributed by atoms with van der Waals surface area (Å²) < 4.78 is 5.34. The predicted octanol–water partition coefficient (Wildman–Crippen LogP) is 2.97. The zero-order valence-corrected chi connectivity index (χ0v) is 14.0. The maximum Gasteiger partial charge on any atom is 0.119 e. The van der Waals surface area contributed by atoms with Crippen molar-refractivity contribution in [2.45, 2.75) is 19.5 Å². The van der Waals surface area contributed by atoms with Gasteiger partial charge in [0.2, 0.25) is 0 Å². The lowest BCUT2D eigenvalue weighted by Gasteiger charge is -2.38. The molecule has 1 saturated heterocycles. The van der Waals surface area contributed by atoms with Crippen LogP contribution >= 0.6 is 0 Å². The molecule has 2 heterocycles. The highest BCUT2D eigenvalue weighted by atomic mass is 16.5. The van der Waals surface area contributed by atoms with Gasteiger partial charge in [0, 0.05) is 51.2 Å². The van der Waals surface area contributed by atoms with Crippen molar-refractivity contribution in [2.24, 2.45) is 0 Å². The van der Waals surface area contributed by atoms with Gasteiger partial charge in [0.1, 0.15) is 5.75 Å². The molecule has 0 spiro atoms. The van der Waals surface area contributed by atoms with Crippen LogP contribution in [0.4, 0.5) is 0 Å². The van der Waals surface area contributed by atoms with Crippen LogP contribution in [-0.2, 0) is 6.54 Å². The summed E-state index contributed by atoms with van der Waals surface area (Å²) in [6, 6.07) is 13.0. The summed E-state index contributed by atoms with van der Waals surface area (Å²) in [5.41, 5.74) is 2.67. The summed E-state index contributed by atoms with van der Waals surface area (Å²) in [5, 5.41) is 0. The van der Waals surface area contributed by atoms with Crippen LogP contribution in [0.25, 0.3) is 0 Å². The first-order valence-corrected chi connectivity index (χ1v) is 8.25. The van der Waals surface area contributed by atoms with Gasteiger partial charge in [-0.15, -0.1) is 0 Å². The van der Waals surface area contributed by atoms with Gasteiger partial charge in [-0.05, 0) is 42.3 Å². The van der Waals surface area contributed by atoms with Gasteiger partial charge in [0.15, 0.2) is 0 Å². The number of methoxy groups -OCH3 is 1. The highest BCUT2D eigenvalue weighted by molar-refractivity contribution is 5.30. The Morgan fingerprint density at radius 2 is 1.83 bits per heavy atom. The van der Waals surface area contributed by atoms with E-state index in [1.165, 1.54) is 11.1 Å². The smallest absolute Gasteiger partial charge is 0.119 e. The molecule has 0 amide bonds. The molecule has 1 atom stereocenters. The second-order valence-electron chi connectivity index (χ2n) is 6.12. The van der Waals surface area contributed by atoms with Crippen molar-refractivity contribution in [3.63, 3.8) is 0 Å². The molecule has 23 heavy (non-hydrogen) atoms. The van der Waals surface area contributed by atoms with Gasteiger partial charge in [0.25, 0.3) is 0 Å². The van der Waals surface area contributed by atoms with E-state index in [0.29, 0.717) is 6.04 Å². The van der Waals surface area contributed by atoms with E-state index in [-0.39, 0.29) is 0 Å². The van der Waals surface area contributed by atoms with Gasteiger partial charge < -0.3 is 4.74 Å². The fraction of sp³-hybridized carbons (Fsp3) is 0.421. The van der Waals surface area contributed by atoms with Crippen LogP contribution in [0.3, 0.4) is 0 Å². The molecule has 0 aliphatic carbocycles. The first kappa shape index (κ1) is 16.0. The van der Waals surface area contributed by atoms with Crippen molar-refractivity contribution in [1.29, 1.82) is 0 Å². The van der Waals surface area contributed by atoms with E-state index in [0.717, 1.165) is 38.5 Å². The number of rotatable bonds is 5. The molecule has 122 valence electrons. The number of benzene rings is 1. The van der Waals surface area contributed by atoms with E-state index in [2.05, 4.69) is 52.0 Å². The third-order valence-corrected chi connectivity index (χ3v) is 4.69. The van der Waals surface area contributed by atoms with Gasteiger partial charge in [0.05, 0.1) is 7.11 Å². The average molecular weight is 311 g/mol. The Bertz CT molecular complexity index is 609. The Balaban J connectivity index is 1.55. The molecule has 4 nitrogen and oxygen atoms in total. The third-order valence-electron chi connectivity index (χ3n) is 4.69. The summed E-state index contributed by atoms with van der Waals surface area (Å²) in [6.07, 6.45) is 3.74. The van der Waals surface area contributed by atoms with Crippen molar-refractivity contribution in [2.75, 3.05) is 33.3 Å². The van der Waals surface area contributed by atoms with Crippen LogP contribution in [0.2, 0.25) is 0 Å². The molecule has 0 radical (unpaired) electrons. The third kappa shape index (κ3) is 4.09. The molecule has 0 bridgehead atoms. The molecular weight excluding hydrogens is 286 g/mol. The number of aromatic nitrogens is 1. The minimum atomic E-state index is 0.424. The molecule has 1 aromatic carbocycles. The summed E-state index contributed by atoms with van der Waals surface area (Å²) in [6.45, 7) is 7.72. The number of piperazine rings is 1. The lowest BCUT2D eigenvalue weighted by molar-refractivity contribution is 0.0977. The van der Waals surface area contributed by atoms with Crippen molar-refractivity contribution in [1.82, 2.24) is 14.8 Å². The Hall–Kier alpha value is -1.91. The molecule has 0 saturated carbocycles. The van der Waals surface area contributed by atoms with E-state index in [1.54, 1.807) is 7.11 Å². The van der Waals surface area contributed by atoms with E-state index in [1.807, 2.05) is 18.5 Å². The van der Waals surface area contributed by atoms with E-state index in [9.17, 15) is 0 Å². The molecular formula is C19H25N3O. The van der Waals surface area contributed by atoms with Gasteiger partial charge in [-0.1, -0.05) is 12.1 Å². The average Bonchev–Trinajstić information content (AvgIpc) is 2.63. The lowest BCUT2D eigenvalue weighted by Crippen LogP contribution is -2.46. The molecule has 1 aromatic heterocycles. The monoisotopic (exact) mass is 311 g/mol. The lowest BCUT2D eigenvalue weighted by atomic mass is 10.1. The normalized spacial score (nSPS) is 17.8. The van der Waals surface area contributed by atoms with Crippen molar-refractivity contribution in [3.05, 3.63) is 59.9 Å². The highest BCUT2D eigenvalue weighted by Crippen LogP contribution is 2.25. The molecule has 1 fully saturated rings. The van der Waals surface area contributed by atoms with Crippen molar-refractivity contribution >= 4 is 0 Å². The standard InChI is InChI=1S/C19H25N3O/c1-16(18-4-3-5-19(14-18)23-2)22-12-10-21(11-13-22)15-17-6-8-20-9-7-17/h3-9,14,16H,10-13,15H2,1-2H3/t16-/m0/s1. The second kappa shape index (κ2) is 7.57. The van der Waals surface area contributed by atoms with Crippen molar-refractivity contribution < 1.29 is 4.74 Å². The molecule has 1 aliphatic rings. The van der Waals surface area contributed by atoms with Gasteiger partial charge >= 0.3 is 0 Å². The summed E-state index contributed by atoms with van der Waals surface area (Å²) in [4.78, 5) is 9.16. The number of pyridine rings is 1. The van der Waals surface area contributed by atoms with Crippen LogP contribution in [-0.4, -0.2) is 48.1 Å². The maximum atomic E-state index is 5.34. The molecule has 0 unspecified atom stereocenters. The Kier molecular flexibility index (Phi) is 5.26. The fourth-order valence-electron chi connectivity index (χ4n) is 3.17. The van der Waals surface area contributed by atoms with E-state index < -0.39 is 0 Å². The minimum Gasteiger partial charge on any atom is -0.497 e. The summed E-state index contributed by atoms with van der Waals surface area (Å²) >= 11 is 0. The van der Waals surface area contributed by atoms with Gasteiger partial charge in [-0.3, -0.25) is 14.8 Å². The van der Waals surface area contributed by atoms with Crippen LogP contribution < -0.4 is 4.74 Å². The topological polar surface area (TPSA) is 28.6 Å². The minimum absolute atomic E-state index is 0.424. The zero-order chi connectivity index (χ0) is 16.1. The first-order valence-electron chi connectivity index (χ1n) is 8.25. The molecule has 2 aromatic rings. The van der Waals surface area contributed by atoms with Crippen LogP contribution in [0.15, 0.2) is 48.8 Å². The number of hydrogen-bond acceptors (Lipinski definition) is 4. The number of hydrogen-bond donors (Lipinski definition) is 0. The van der Waals surface area contributed by atoms with Crippen LogP contribution in [0.1, 0.15) is 24.1 Å². The maximum absolute atomic E-state index is 5.34. The fourth-order valence-corrected chi connectivity index (χ4v) is 3.17. The SMILES string of the molecule is COc1cccc([C@H](C)N2CCN(Cc3ccncc3)CC2)c1.